The molecule has 1 amide bonds. The summed E-state index contributed by atoms with van der Waals surface area (Å²) in [7, 11) is 0. The summed E-state index contributed by atoms with van der Waals surface area (Å²) in [6, 6.07) is 9.90. The number of hydrogen-bond acceptors (Lipinski definition) is 6. The van der Waals surface area contributed by atoms with Gasteiger partial charge in [-0.15, -0.1) is 0 Å². The number of anilines is 2. The van der Waals surface area contributed by atoms with Crippen LogP contribution in [0.15, 0.2) is 42.5 Å². The Hall–Kier alpha value is -3.66. The molecule has 0 aliphatic carbocycles. The standard InChI is InChI=1S/C23H22F3N5O2/c1-13-5-6-14(20-15(21(27)32)3-2-4-17(20)23(24,25)26)11-16(13)18-12-19(30-22(28)29-18)31-7-9-33-10-8-31/h2-6,11-12H,7-10H2,1H3,(H2,27,32)(H2,28,29,30). The van der Waals surface area contributed by atoms with E-state index in [1.54, 1.807) is 18.2 Å². The third-order valence-corrected chi connectivity index (χ3v) is 5.50. The van der Waals surface area contributed by atoms with Crippen molar-refractivity contribution in [3.05, 3.63) is 59.2 Å². The van der Waals surface area contributed by atoms with Crippen molar-refractivity contribution in [1.29, 1.82) is 0 Å². The number of benzene rings is 2. The molecule has 0 saturated carbocycles. The van der Waals surface area contributed by atoms with Crippen molar-refractivity contribution in [3.63, 3.8) is 0 Å². The number of nitrogens with two attached hydrogens (primary N) is 2. The van der Waals surface area contributed by atoms with Crippen molar-refractivity contribution < 1.29 is 22.7 Å². The second-order valence-corrected chi connectivity index (χ2v) is 7.69. The lowest BCUT2D eigenvalue weighted by atomic mass is 9.90. The second kappa shape index (κ2) is 8.70. The molecule has 0 spiro atoms. The van der Waals surface area contributed by atoms with Gasteiger partial charge in [0.1, 0.15) is 5.82 Å². The summed E-state index contributed by atoms with van der Waals surface area (Å²) in [6.07, 6.45) is -4.67. The molecule has 33 heavy (non-hydrogen) atoms. The van der Waals surface area contributed by atoms with E-state index in [-0.39, 0.29) is 22.6 Å². The molecular formula is C23H22F3N5O2. The highest BCUT2D eigenvalue weighted by Gasteiger charge is 2.35. The van der Waals surface area contributed by atoms with Crippen LogP contribution < -0.4 is 16.4 Å². The Kier molecular flexibility index (Phi) is 5.94. The van der Waals surface area contributed by atoms with Gasteiger partial charge < -0.3 is 21.1 Å². The fourth-order valence-electron chi connectivity index (χ4n) is 3.90. The van der Waals surface area contributed by atoms with E-state index in [1.807, 2.05) is 11.8 Å². The van der Waals surface area contributed by atoms with E-state index < -0.39 is 17.6 Å². The van der Waals surface area contributed by atoms with Crippen LogP contribution in [0.3, 0.4) is 0 Å². The van der Waals surface area contributed by atoms with Crippen LogP contribution in [0.5, 0.6) is 0 Å². The van der Waals surface area contributed by atoms with Gasteiger partial charge in [-0.3, -0.25) is 4.79 Å². The summed E-state index contributed by atoms with van der Waals surface area (Å²) in [4.78, 5) is 22.6. The van der Waals surface area contributed by atoms with E-state index in [4.69, 9.17) is 16.2 Å². The molecule has 1 aromatic heterocycles. The average molecular weight is 457 g/mol. The molecule has 1 aliphatic rings. The van der Waals surface area contributed by atoms with E-state index in [1.165, 1.54) is 18.2 Å². The number of amides is 1. The molecule has 2 heterocycles. The van der Waals surface area contributed by atoms with E-state index in [0.717, 1.165) is 11.6 Å². The number of rotatable bonds is 4. The minimum Gasteiger partial charge on any atom is -0.378 e. The Morgan fingerprint density at radius 2 is 1.82 bits per heavy atom. The highest BCUT2D eigenvalue weighted by Crippen LogP contribution is 2.40. The second-order valence-electron chi connectivity index (χ2n) is 7.69. The average Bonchev–Trinajstić information content (AvgIpc) is 2.78. The van der Waals surface area contributed by atoms with Gasteiger partial charge >= 0.3 is 6.18 Å². The lowest BCUT2D eigenvalue weighted by Gasteiger charge is -2.28. The highest BCUT2D eigenvalue weighted by molar-refractivity contribution is 6.01. The van der Waals surface area contributed by atoms with Crippen molar-refractivity contribution in [1.82, 2.24) is 9.97 Å². The normalized spacial score (nSPS) is 14.4. The van der Waals surface area contributed by atoms with Crippen molar-refractivity contribution in [2.24, 2.45) is 5.73 Å². The zero-order chi connectivity index (χ0) is 23.8. The number of nitrogen functional groups attached to an aromatic ring is 1. The monoisotopic (exact) mass is 457 g/mol. The fraction of sp³-hybridized carbons (Fsp3) is 0.261. The number of primary amides is 1. The molecule has 0 atom stereocenters. The van der Waals surface area contributed by atoms with E-state index in [0.29, 0.717) is 43.4 Å². The number of hydrogen-bond donors (Lipinski definition) is 2. The number of nitrogens with zero attached hydrogens (tertiary/aromatic N) is 3. The number of halogens is 3. The first-order chi connectivity index (χ1) is 15.6. The van der Waals surface area contributed by atoms with Crippen LogP contribution in [0.4, 0.5) is 24.9 Å². The molecule has 2 aromatic carbocycles. The topological polar surface area (TPSA) is 107 Å². The van der Waals surface area contributed by atoms with Gasteiger partial charge in [-0.05, 0) is 36.2 Å². The first-order valence-electron chi connectivity index (χ1n) is 10.2. The van der Waals surface area contributed by atoms with Crippen LogP contribution in [0.1, 0.15) is 21.5 Å². The zero-order valence-corrected chi connectivity index (χ0v) is 17.8. The van der Waals surface area contributed by atoms with Crippen LogP contribution in [0, 0.1) is 6.92 Å². The maximum Gasteiger partial charge on any atom is 0.417 e. The molecule has 1 fully saturated rings. The van der Waals surface area contributed by atoms with Gasteiger partial charge in [0.15, 0.2) is 0 Å². The molecule has 1 saturated heterocycles. The maximum absolute atomic E-state index is 13.8. The van der Waals surface area contributed by atoms with Crippen molar-refractivity contribution in [2.75, 3.05) is 36.9 Å². The Morgan fingerprint density at radius 1 is 1.09 bits per heavy atom. The molecule has 172 valence electrons. The number of aromatic nitrogens is 2. The van der Waals surface area contributed by atoms with Gasteiger partial charge in [-0.1, -0.05) is 18.2 Å². The quantitative estimate of drug-likeness (QED) is 0.619. The van der Waals surface area contributed by atoms with Crippen LogP contribution >= 0.6 is 0 Å². The Bertz CT molecular complexity index is 1210. The summed E-state index contributed by atoms with van der Waals surface area (Å²) >= 11 is 0. The SMILES string of the molecule is Cc1ccc(-c2c(C(N)=O)cccc2C(F)(F)F)cc1-c1cc(N2CCOCC2)nc(N)n1. The maximum atomic E-state index is 13.8. The van der Waals surface area contributed by atoms with Gasteiger partial charge in [0, 0.05) is 35.8 Å². The number of aryl methyl sites for hydroxylation is 1. The smallest absolute Gasteiger partial charge is 0.378 e. The third kappa shape index (κ3) is 4.61. The predicted octanol–water partition coefficient (Wildman–Crippen LogP) is 3.66. The minimum absolute atomic E-state index is 0.0484. The van der Waals surface area contributed by atoms with Crippen LogP contribution in [0.2, 0.25) is 0 Å². The Balaban J connectivity index is 1.88. The van der Waals surface area contributed by atoms with E-state index >= 15 is 0 Å². The summed E-state index contributed by atoms with van der Waals surface area (Å²) in [5, 5.41) is 0. The number of carbonyl (C=O) groups excluding carboxylic acids is 1. The van der Waals surface area contributed by atoms with Crippen molar-refractivity contribution >= 4 is 17.7 Å². The first kappa shape index (κ1) is 22.5. The summed E-state index contributed by atoms with van der Waals surface area (Å²) in [6.45, 7) is 4.19. The van der Waals surface area contributed by atoms with Crippen molar-refractivity contribution in [3.8, 4) is 22.4 Å². The van der Waals surface area contributed by atoms with Crippen molar-refractivity contribution in [2.45, 2.75) is 13.1 Å². The number of morpholine rings is 1. The zero-order valence-electron chi connectivity index (χ0n) is 17.8. The third-order valence-electron chi connectivity index (χ3n) is 5.50. The largest absolute Gasteiger partial charge is 0.417 e. The highest BCUT2D eigenvalue weighted by atomic mass is 19.4. The molecule has 7 nitrogen and oxygen atoms in total. The first-order valence-corrected chi connectivity index (χ1v) is 10.2. The van der Waals surface area contributed by atoms with Gasteiger partial charge in [-0.2, -0.15) is 18.2 Å². The summed E-state index contributed by atoms with van der Waals surface area (Å²) < 4.78 is 46.7. The van der Waals surface area contributed by atoms with Gasteiger partial charge in [0.2, 0.25) is 11.9 Å². The molecule has 4 N–H and O–H groups in total. The number of carbonyl (C=O) groups is 1. The van der Waals surface area contributed by atoms with Gasteiger partial charge in [0.25, 0.3) is 0 Å². The van der Waals surface area contributed by atoms with Gasteiger partial charge in [-0.25, -0.2) is 4.98 Å². The molecule has 0 bridgehead atoms. The van der Waals surface area contributed by atoms with Crippen LogP contribution in [-0.2, 0) is 10.9 Å². The predicted molar refractivity (Wildman–Crippen MR) is 119 cm³/mol. The molecule has 0 radical (unpaired) electrons. The fourth-order valence-corrected chi connectivity index (χ4v) is 3.90. The molecule has 10 heteroatoms. The molecule has 1 aliphatic heterocycles. The molecular weight excluding hydrogens is 435 g/mol. The Labute approximate surface area is 188 Å². The lowest BCUT2D eigenvalue weighted by Crippen LogP contribution is -2.36. The van der Waals surface area contributed by atoms with E-state index in [2.05, 4.69) is 9.97 Å². The summed E-state index contributed by atoms with van der Waals surface area (Å²) in [5.74, 6) is -0.287. The molecule has 3 aromatic rings. The van der Waals surface area contributed by atoms with Crippen LogP contribution in [0.25, 0.3) is 22.4 Å². The lowest BCUT2D eigenvalue weighted by molar-refractivity contribution is -0.137. The Morgan fingerprint density at radius 3 is 2.48 bits per heavy atom. The molecule has 4 rings (SSSR count). The number of alkyl halides is 3. The van der Waals surface area contributed by atoms with Crippen LogP contribution in [-0.4, -0.2) is 42.2 Å². The van der Waals surface area contributed by atoms with Gasteiger partial charge in [0.05, 0.1) is 24.5 Å². The molecule has 0 unspecified atom stereocenters. The van der Waals surface area contributed by atoms with E-state index in [9.17, 15) is 18.0 Å². The minimum atomic E-state index is -4.67. The number of ether oxygens (including phenoxy) is 1. The summed E-state index contributed by atoms with van der Waals surface area (Å²) in [5.41, 5.74) is 12.0.